The number of hydrogen-bond acceptors (Lipinski definition) is 3. The summed E-state index contributed by atoms with van der Waals surface area (Å²) < 4.78 is 1.49. The highest BCUT2D eigenvalue weighted by Gasteiger charge is 2.14. The number of H-pyrrole nitrogens is 1. The second-order valence-corrected chi connectivity index (χ2v) is 4.51. The minimum Gasteiger partial charge on any atom is -0.330 e. The number of aromatic amines is 1. The molecule has 0 saturated heterocycles. The molecule has 20 heavy (non-hydrogen) atoms. The molecule has 0 spiro atoms. The summed E-state index contributed by atoms with van der Waals surface area (Å²) in [7, 11) is 0. The van der Waals surface area contributed by atoms with Gasteiger partial charge in [0.1, 0.15) is 0 Å². The van der Waals surface area contributed by atoms with Crippen molar-refractivity contribution in [2.45, 2.75) is 13.3 Å². The molecule has 1 heterocycles. The lowest BCUT2D eigenvalue weighted by Crippen LogP contribution is -2.28. The first kappa shape index (κ1) is 14.1. The predicted octanol–water partition coefficient (Wildman–Crippen LogP) is 1.09. The summed E-state index contributed by atoms with van der Waals surface area (Å²) >= 11 is 0. The van der Waals surface area contributed by atoms with Crippen LogP contribution in [0, 0.1) is 5.92 Å². The molecule has 1 atom stereocenters. The number of carbonyl (C=O) groups is 1. The van der Waals surface area contributed by atoms with Crippen molar-refractivity contribution in [2.75, 3.05) is 11.9 Å². The van der Waals surface area contributed by atoms with Crippen molar-refractivity contribution in [1.82, 2.24) is 9.55 Å². The summed E-state index contributed by atoms with van der Waals surface area (Å²) in [4.78, 5) is 25.9. The Morgan fingerprint density at radius 1 is 1.40 bits per heavy atom. The van der Waals surface area contributed by atoms with Gasteiger partial charge in [-0.05, 0) is 30.7 Å². The van der Waals surface area contributed by atoms with E-state index in [-0.39, 0.29) is 17.5 Å². The van der Waals surface area contributed by atoms with Crippen LogP contribution < -0.4 is 16.7 Å². The van der Waals surface area contributed by atoms with Crippen molar-refractivity contribution in [2.24, 2.45) is 11.7 Å². The van der Waals surface area contributed by atoms with Crippen LogP contribution in [0.4, 0.5) is 5.69 Å². The number of rotatable bonds is 5. The fourth-order valence-corrected chi connectivity index (χ4v) is 1.93. The molecule has 0 aliphatic rings. The number of aromatic nitrogens is 2. The van der Waals surface area contributed by atoms with Gasteiger partial charge in [0.2, 0.25) is 5.91 Å². The second kappa shape index (κ2) is 6.21. The molecule has 0 aliphatic heterocycles. The quantitative estimate of drug-likeness (QED) is 0.762. The van der Waals surface area contributed by atoms with Gasteiger partial charge < -0.3 is 16.0 Å². The third-order valence-electron chi connectivity index (χ3n) is 3.21. The van der Waals surface area contributed by atoms with Crippen LogP contribution in [0.1, 0.15) is 13.3 Å². The highest BCUT2D eigenvalue weighted by atomic mass is 16.2. The van der Waals surface area contributed by atoms with Gasteiger partial charge in [-0.1, -0.05) is 6.92 Å². The maximum absolute atomic E-state index is 11.9. The molecule has 0 saturated carbocycles. The molecule has 106 valence electrons. The number of imidazole rings is 1. The number of nitrogens with two attached hydrogens (primary N) is 1. The molecular formula is C14H18N4O2. The van der Waals surface area contributed by atoms with Crippen molar-refractivity contribution >= 4 is 11.6 Å². The Morgan fingerprint density at radius 3 is 2.60 bits per heavy atom. The Balaban J connectivity index is 2.11. The van der Waals surface area contributed by atoms with E-state index in [1.807, 2.05) is 6.92 Å². The Kier molecular flexibility index (Phi) is 4.37. The monoisotopic (exact) mass is 274 g/mol. The van der Waals surface area contributed by atoms with Crippen LogP contribution in [0.2, 0.25) is 0 Å². The van der Waals surface area contributed by atoms with Gasteiger partial charge in [0, 0.05) is 24.6 Å². The summed E-state index contributed by atoms with van der Waals surface area (Å²) in [5.74, 6) is -0.261. The molecular weight excluding hydrogens is 256 g/mol. The maximum atomic E-state index is 11.9. The van der Waals surface area contributed by atoms with E-state index in [0.717, 1.165) is 5.69 Å². The van der Waals surface area contributed by atoms with E-state index in [1.54, 1.807) is 36.7 Å². The number of benzene rings is 1. The molecule has 0 fully saturated rings. The Labute approximate surface area is 116 Å². The minimum atomic E-state index is -0.198. The lowest BCUT2D eigenvalue weighted by molar-refractivity contribution is -0.119. The summed E-state index contributed by atoms with van der Waals surface area (Å²) in [6.45, 7) is 2.26. The molecule has 2 rings (SSSR count). The van der Waals surface area contributed by atoms with Crippen LogP contribution in [0.5, 0.6) is 0 Å². The number of nitrogens with zero attached hydrogens (tertiary/aromatic N) is 1. The van der Waals surface area contributed by atoms with E-state index in [2.05, 4.69) is 10.3 Å². The van der Waals surface area contributed by atoms with Crippen molar-refractivity contribution < 1.29 is 4.79 Å². The second-order valence-electron chi connectivity index (χ2n) is 4.51. The number of nitrogens with one attached hydrogen (secondary N) is 2. The lowest BCUT2D eigenvalue weighted by atomic mass is 10.1. The van der Waals surface area contributed by atoms with Gasteiger partial charge in [0.15, 0.2) is 0 Å². The Hall–Kier alpha value is -2.34. The number of hydrogen-bond donors (Lipinski definition) is 3. The zero-order chi connectivity index (χ0) is 14.5. The fourth-order valence-electron chi connectivity index (χ4n) is 1.93. The number of anilines is 1. The highest BCUT2D eigenvalue weighted by molar-refractivity contribution is 5.92. The van der Waals surface area contributed by atoms with Gasteiger partial charge in [-0.3, -0.25) is 9.36 Å². The first-order valence-electron chi connectivity index (χ1n) is 6.53. The molecule has 1 amide bonds. The van der Waals surface area contributed by atoms with Crippen LogP contribution in [0.15, 0.2) is 41.5 Å². The Bertz CT molecular complexity index is 623. The van der Waals surface area contributed by atoms with Gasteiger partial charge in [0.05, 0.1) is 11.6 Å². The normalized spacial score (nSPS) is 12.1. The molecule has 1 aromatic carbocycles. The molecule has 2 aromatic rings. The van der Waals surface area contributed by atoms with E-state index < -0.39 is 0 Å². The molecule has 1 aromatic heterocycles. The average molecular weight is 274 g/mol. The minimum absolute atomic E-state index is 0.0819. The van der Waals surface area contributed by atoms with Gasteiger partial charge >= 0.3 is 5.69 Å². The van der Waals surface area contributed by atoms with Gasteiger partial charge in [-0.2, -0.15) is 0 Å². The predicted molar refractivity (Wildman–Crippen MR) is 77.9 cm³/mol. The molecule has 6 nitrogen and oxygen atoms in total. The van der Waals surface area contributed by atoms with Crippen molar-refractivity contribution in [3.63, 3.8) is 0 Å². The molecule has 0 bridgehead atoms. The van der Waals surface area contributed by atoms with E-state index >= 15 is 0 Å². The zero-order valence-corrected chi connectivity index (χ0v) is 11.3. The summed E-state index contributed by atoms with van der Waals surface area (Å²) in [6, 6.07) is 7.06. The van der Waals surface area contributed by atoms with Gasteiger partial charge in [0.25, 0.3) is 0 Å². The van der Waals surface area contributed by atoms with Crippen LogP contribution in [-0.4, -0.2) is 22.0 Å². The van der Waals surface area contributed by atoms with Crippen molar-refractivity contribution in [3.05, 3.63) is 47.1 Å². The summed E-state index contributed by atoms with van der Waals surface area (Å²) in [5, 5.41) is 2.82. The van der Waals surface area contributed by atoms with E-state index in [0.29, 0.717) is 18.7 Å². The van der Waals surface area contributed by atoms with Crippen LogP contribution in [-0.2, 0) is 4.79 Å². The third-order valence-corrected chi connectivity index (χ3v) is 3.21. The SMILES string of the molecule is CCC(CN)C(=O)Nc1ccc(-n2cc[nH]c2=O)cc1. The molecule has 0 radical (unpaired) electrons. The van der Waals surface area contributed by atoms with E-state index in [1.165, 1.54) is 4.57 Å². The standard InChI is InChI=1S/C14H18N4O2/c1-2-10(9-15)13(19)17-11-3-5-12(6-4-11)18-8-7-16-14(18)20/h3-8,10H,2,9,15H2,1H3,(H,16,20)(H,17,19). The fraction of sp³-hybridized carbons (Fsp3) is 0.286. The largest absolute Gasteiger partial charge is 0.330 e. The number of carbonyl (C=O) groups excluding carboxylic acids is 1. The lowest BCUT2D eigenvalue weighted by Gasteiger charge is -2.13. The Morgan fingerprint density at radius 2 is 2.10 bits per heavy atom. The highest BCUT2D eigenvalue weighted by Crippen LogP contribution is 2.13. The van der Waals surface area contributed by atoms with Crippen molar-refractivity contribution in [1.29, 1.82) is 0 Å². The van der Waals surface area contributed by atoms with Crippen LogP contribution in [0.3, 0.4) is 0 Å². The topological polar surface area (TPSA) is 92.9 Å². The average Bonchev–Trinajstić information content (AvgIpc) is 2.87. The van der Waals surface area contributed by atoms with Gasteiger partial charge in [-0.15, -0.1) is 0 Å². The maximum Gasteiger partial charge on any atom is 0.330 e. The first-order valence-corrected chi connectivity index (χ1v) is 6.53. The van der Waals surface area contributed by atoms with Crippen LogP contribution >= 0.6 is 0 Å². The summed E-state index contributed by atoms with van der Waals surface area (Å²) in [5.41, 5.74) is 6.77. The molecule has 6 heteroatoms. The molecule has 1 unspecified atom stereocenters. The van der Waals surface area contributed by atoms with Crippen molar-refractivity contribution in [3.8, 4) is 5.69 Å². The molecule has 4 N–H and O–H groups in total. The van der Waals surface area contributed by atoms with E-state index in [4.69, 9.17) is 5.73 Å². The van der Waals surface area contributed by atoms with E-state index in [9.17, 15) is 9.59 Å². The number of amides is 1. The van der Waals surface area contributed by atoms with Gasteiger partial charge in [-0.25, -0.2) is 4.79 Å². The molecule has 0 aliphatic carbocycles. The van der Waals surface area contributed by atoms with Crippen LogP contribution in [0.25, 0.3) is 5.69 Å². The third kappa shape index (κ3) is 2.97. The first-order chi connectivity index (χ1) is 9.65. The smallest absolute Gasteiger partial charge is 0.330 e. The zero-order valence-electron chi connectivity index (χ0n) is 11.3. The summed E-state index contributed by atoms with van der Waals surface area (Å²) in [6.07, 6.45) is 3.93.